The van der Waals surface area contributed by atoms with Crippen molar-refractivity contribution in [1.29, 1.82) is 5.26 Å². The van der Waals surface area contributed by atoms with Gasteiger partial charge in [0.15, 0.2) is 0 Å². The molecule has 1 unspecified atom stereocenters. The van der Waals surface area contributed by atoms with E-state index in [-0.39, 0.29) is 50.8 Å². The number of pyridine rings is 2. The summed E-state index contributed by atoms with van der Waals surface area (Å²) in [7, 11) is -8.39. The molecule has 2 aromatic heterocycles. The van der Waals surface area contributed by atoms with Crippen LogP contribution in [0.3, 0.4) is 0 Å². The molecule has 2 amide bonds. The Hall–Kier alpha value is -5.04. The maximum Gasteiger partial charge on any atom is 0.263 e. The van der Waals surface area contributed by atoms with Crippen LogP contribution in [0.5, 0.6) is 0 Å². The second-order valence-corrected chi connectivity index (χ2v) is 16.8. The van der Waals surface area contributed by atoms with Gasteiger partial charge in [0, 0.05) is 34.7 Å². The molecule has 4 aromatic rings. The average Bonchev–Trinajstić information content (AvgIpc) is 3.45. The third-order valence-corrected chi connectivity index (χ3v) is 12.6. The first kappa shape index (κ1) is 36.7. The van der Waals surface area contributed by atoms with E-state index in [1.807, 2.05) is 6.07 Å². The van der Waals surface area contributed by atoms with Crippen LogP contribution in [0.25, 0.3) is 0 Å². The Morgan fingerprint density at radius 3 is 2.46 bits per heavy atom. The third-order valence-electron chi connectivity index (χ3n) is 9.07. The molecule has 6 rings (SSSR count). The molecule has 1 saturated carbocycles. The minimum absolute atomic E-state index is 0.00299. The van der Waals surface area contributed by atoms with Crippen molar-refractivity contribution in [1.82, 2.24) is 15.3 Å². The normalized spacial score (nSPS) is 17.9. The minimum atomic E-state index is -4.28. The molecule has 1 saturated heterocycles. The van der Waals surface area contributed by atoms with Gasteiger partial charge in [-0.05, 0) is 80.3 Å². The topological polar surface area (TPSA) is 183 Å². The van der Waals surface area contributed by atoms with Crippen LogP contribution >= 0.6 is 11.6 Å². The van der Waals surface area contributed by atoms with E-state index in [1.54, 1.807) is 43.3 Å². The molecule has 2 atom stereocenters. The second kappa shape index (κ2) is 15.3. The van der Waals surface area contributed by atoms with Crippen LogP contribution in [0.4, 0.5) is 17.3 Å². The van der Waals surface area contributed by atoms with Crippen molar-refractivity contribution in [2.45, 2.75) is 68.5 Å². The number of nitriles is 1. The molecule has 3 heterocycles. The number of aromatic nitrogens is 2. The van der Waals surface area contributed by atoms with Crippen LogP contribution in [0, 0.1) is 18.3 Å². The van der Waals surface area contributed by atoms with Gasteiger partial charge < -0.3 is 5.32 Å². The Bertz CT molecular complexity index is 2260. The number of halogens is 1. The van der Waals surface area contributed by atoms with Gasteiger partial charge in [0.2, 0.25) is 15.9 Å². The number of hydrogen-bond acceptors (Lipinski definition) is 9. The van der Waals surface area contributed by atoms with Crippen LogP contribution in [-0.2, 0) is 29.6 Å². The van der Waals surface area contributed by atoms with Gasteiger partial charge in [-0.15, -0.1) is 0 Å². The van der Waals surface area contributed by atoms with Gasteiger partial charge in [0.25, 0.3) is 15.9 Å². The SMILES string of the molecule is Cc1ccnc(NS(=O)(=O)c2cccc(N(C(=O)[C@@H]3CCS(=O)(=O)N3c3cc(C#N)ccn3)C(C(=O)NC3CCCCC3)c3ccccc3Cl)c2)c1. The van der Waals surface area contributed by atoms with Gasteiger partial charge in [-0.3, -0.25) is 19.2 Å². The summed E-state index contributed by atoms with van der Waals surface area (Å²) in [6.45, 7) is 1.79. The van der Waals surface area contributed by atoms with Gasteiger partial charge >= 0.3 is 0 Å². The monoisotopic (exact) mass is 761 g/mol. The molecule has 16 heteroatoms. The predicted octanol–water partition coefficient (Wildman–Crippen LogP) is 5.24. The van der Waals surface area contributed by atoms with Crippen molar-refractivity contribution >= 4 is 60.8 Å². The molecule has 0 bridgehead atoms. The maximum absolute atomic E-state index is 15.1. The largest absolute Gasteiger partial charge is 0.351 e. The molecule has 52 heavy (non-hydrogen) atoms. The fourth-order valence-corrected chi connectivity index (χ4v) is 9.54. The maximum atomic E-state index is 15.1. The zero-order chi connectivity index (χ0) is 37.0. The molecule has 2 N–H and O–H groups in total. The van der Waals surface area contributed by atoms with Crippen molar-refractivity contribution in [3.8, 4) is 6.07 Å². The van der Waals surface area contributed by atoms with E-state index in [2.05, 4.69) is 20.0 Å². The molecule has 270 valence electrons. The molecule has 0 spiro atoms. The highest BCUT2D eigenvalue weighted by Gasteiger charge is 2.47. The Kier molecular flexibility index (Phi) is 10.8. The predicted molar refractivity (Wildman–Crippen MR) is 197 cm³/mol. The highest BCUT2D eigenvalue weighted by atomic mass is 35.5. The van der Waals surface area contributed by atoms with E-state index in [0.717, 1.165) is 46.9 Å². The smallest absolute Gasteiger partial charge is 0.263 e. The number of anilines is 3. The van der Waals surface area contributed by atoms with Crippen LogP contribution in [0.1, 0.15) is 61.3 Å². The lowest BCUT2D eigenvalue weighted by atomic mass is 9.94. The molecule has 2 aliphatic rings. The van der Waals surface area contributed by atoms with E-state index in [4.69, 9.17) is 11.6 Å². The third kappa shape index (κ3) is 7.89. The van der Waals surface area contributed by atoms with E-state index >= 15 is 4.79 Å². The summed E-state index contributed by atoms with van der Waals surface area (Å²) in [6.07, 6.45) is 6.89. The number of hydrogen-bond donors (Lipinski definition) is 2. The minimum Gasteiger partial charge on any atom is -0.351 e. The first-order chi connectivity index (χ1) is 24.9. The first-order valence-corrected chi connectivity index (χ1v) is 20.2. The van der Waals surface area contributed by atoms with Crippen molar-refractivity contribution in [3.63, 3.8) is 0 Å². The zero-order valence-electron chi connectivity index (χ0n) is 28.1. The quantitative estimate of drug-likeness (QED) is 0.218. The van der Waals surface area contributed by atoms with Crippen LogP contribution in [-0.4, -0.2) is 56.5 Å². The average molecular weight is 762 g/mol. The number of sulfonamides is 2. The van der Waals surface area contributed by atoms with Gasteiger partial charge in [-0.25, -0.2) is 31.1 Å². The van der Waals surface area contributed by atoms with Gasteiger partial charge in [0.1, 0.15) is 23.7 Å². The fourth-order valence-electron chi connectivity index (χ4n) is 6.58. The zero-order valence-corrected chi connectivity index (χ0v) is 30.5. The molecular weight excluding hydrogens is 726 g/mol. The number of benzene rings is 2. The number of carbonyl (C=O) groups is 2. The molecular formula is C36H36ClN7O6S2. The molecule has 2 aromatic carbocycles. The summed E-state index contributed by atoms with van der Waals surface area (Å²) in [5.74, 6) is -1.86. The number of aryl methyl sites for hydroxylation is 1. The van der Waals surface area contributed by atoms with Crippen LogP contribution < -0.4 is 19.2 Å². The summed E-state index contributed by atoms with van der Waals surface area (Å²) in [5.41, 5.74) is 1.15. The number of nitrogens with one attached hydrogen (secondary N) is 2. The van der Waals surface area contributed by atoms with Crippen molar-refractivity contribution in [2.75, 3.05) is 19.7 Å². The molecule has 0 radical (unpaired) electrons. The summed E-state index contributed by atoms with van der Waals surface area (Å²) in [4.78, 5) is 38.8. The number of carbonyl (C=O) groups excluding carboxylic acids is 2. The Morgan fingerprint density at radius 2 is 1.73 bits per heavy atom. The Labute approximate surface area is 307 Å². The Morgan fingerprint density at radius 1 is 0.981 bits per heavy atom. The van der Waals surface area contributed by atoms with E-state index in [0.29, 0.717) is 0 Å². The number of amides is 2. The van der Waals surface area contributed by atoms with Crippen molar-refractivity contribution < 1.29 is 26.4 Å². The van der Waals surface area contributed by atoms with E-state index in [1.165, 1.54) is 48.8 Å². The summed E-state index contributed by atoms with van der Waals surface area (Å²) < 4.78 is 57.8. The lowest BCUT2D eigenvalue weighted by Crippen LogP contribution is -2.53. The van der Waals surface area contributed by atoms with Crippen LogP contribution in [0.15, 0.2) is 90.1 Å². The number of rotatable bonds is 10. The highest BCUT2D eigenvalue weighted by Crippen LogP contribution is 2.37. The Balaban J connectivity index is 1.51. The van der Waals surface area contributed by atoms with E-state index < -0.39 is 49.7 Å². The van der Waals surface area contributed by atoms with Crippen molar-refractivity contribution in [2.24, 2.45) is 0 Å². The lowest BCUT2D eigenvalue weighted by molar-refractivity contribution is -0.127. The molecule has 2 fully saturated rings. The summed E-state index contributed by atoms with van der Waals surface area (Å²) >= 11 is 6.73. The standard InChI is InChI=1S/C36H36ClN7O6S2/c1-24-14-17-39-32(20-24)42-52(49,50)28-11-7-10-27(22-28)43(34(29-12-5-6-13-30(29)37)35(45)41-26-8-3-2-4-9-26)36(46)31-16-19-51(47,48)44(31)33-21-25(23-38)15-18-40-33/h5-7,10-15,17-18,20-22,26,31,34H,2-4,8-9,16,19H2,1H3,(H,39,42)(H,41,45)/t31-,34?/m0/s1. The second-order valence-electron chi connectivity index (χ2n) is 12.7. The fraction of sp³-hybridized carbons (Fsp3) is 0.306. The van der Waals surface area contributed by atoms with Crippen molar-refractivity contribution in [3.05, 3.63) is 107 Å². The number of nitrogens with zero attached hydrogens (tertiary/aromatic N) is 5. The summed E-state index contributed by atoms with van der Waals surface area (Å²) in [6, 6.07) is 16.9. The molecule has 1 aliphatic heterocycles. The molecule has 13 nitrogen and oxygen atoms in total. The van der Waals surface area contributed by atoms with Crippen LogP contribution in [0.2, 0.25) is 5.02 Å². The van der Waals surface area contributed by atoms with Gasteiger partial charge in [0.05, 0.1) is 22.3 Å². The van der Waals surface area contributed by atoms with E-state index in [9.17, 15) is 26.9 Å². The summed E-state index contributed by atoms with van der Waals surface area (Å²) in [5, 5.41) is 12.8. The van der Waals surface area contributed by atoms with Gasteiger partial charge in [-0.2, -0.15) is 5.26 Å². The first-order valence-electron chi connectivity index (χ1n) is 16.7. The van der Waals surface area contributed by atoms with Gasteiger partial charge in [-0.1, -0.05) is 55.1 Å². The highest BCUT2D eigenvalue weighted by molar-refractivity contribution is 7.93. The molecule has 1 aliphatic carbocycles. The lowest BCUT2D eigenvalue weighted by Gasteiger charge is -2.36.